The van der Waals surface area contributed by atoms with Gasteiger partial charge in [-0.1, -0.05) is 41.3 Å². The van der Waals surface area contributed by atoms with Crippen LogP contribution in [0.5, 0.6) is 0 Å². The number of ether oxygens (including phenoxy) is 1. The highest BCUT2D eigenvalue weighted by atomic mass is 79.9. The van der Waals surface area contributed by atoms with Crippen molar-refractivity contribution in [1.82, 2.24) is 0 Å². The standard InChI is InChI=1S/C13H18BrNO/c14-11-7-6-10(13(15)8-11)9-16-12-4-2-1-3-5-12/h6-8,12H,1-5,9,15H2. The van der Waals surface area contributed by atoms with Gasteiger partial charge in [-0.05, 0) is 25.0 Å². The second-order valence-corrected chi connectivity index (χ2v) is 5.33. The summed E-state index contributed by atoms with van der Waals surface area (Å²) in [5.74, 6) is 0. The minimum Gasteiger partial charge on any atom is -0.398 e. The van der Waals surface area contributed by atoms with E-state index in [0.29, 0.717) is 12.7 Å². The number of nitrogen functional groups attached to an aromatic ring is 1. The Hall–Kier alpha value is -0.540. The molecule has 2 nitrogen and oxygen atoms in total. The van der Waals surface area contributed by atoms with Gasteiger partial charge in [0, 0.05) is 15.7 Å². The molecule has 88 valence electrons. The van der Waals surface area contributed by atoms with E-state index in [0.717, 1.165) is 15.7 Å². The molecule has 0 spiro atoms. The monoisotopic (exact) mass is 283 g/mol. The van der Waals surface area contributed by atoms with Crippen LogP contribution >= 0.6 is 15.9 Å². The molecule has 0 amide bonds. The fourth-order valence-corrected chi connectivity index (χ4v) is 2.52. The maximum absolute atomic E-state index is 5.93. The van der Waals surface area contributed by atoms with E-state index in [2.05, 4.69) is 15.9 Å². The molecule has 1 aliphatic rings. The maximum atomic E-state index is 5.93. The Labute approximate surface area is 105 Å². The lowest BCUT2D eigenvalue weighted by atomic mass is 9.98. The van der Waals surface area contributed by atoms with Gasteiger partial charge in [0.2, 0.25) is 0 Å². The largest absolute Gasteiger partial charge is 0.398 e. The third kappa shape index (κ3) is 3.22. The molecule has 0 saturated heterocycles. The first-order chi connectivity index (χ1) is 7.75. The number of halogens is 1. The van der Waals surface area contributed by atoms with E-state index in [4.69, 9.17) is 10.5 Å². The lowest BCUT2D eigenvalue weighted by Gasteiger charge is -2.22. The molecule has 2 N–H and O–H groups in total. The smallest absolute Gasteiger partial charge is 0.0740 e. The van der Waals surface area contributed by atoms with E-state index in [-0.39, 0.29) is 0 Å². The third-order valence-corrected chi connectivity index (χ3v) is 3.63. The van der Waals surface area contributed by atoms with Gasteiger partial charge in [0.15, 0.2) is 0 Å². The SMILES string of the molecule is Nc1cc(Br)ccc1COC1CCCCC1. The summed E-state index contributed by atoms with van der Waals surface area (Å²) in [7, 11) is 0. The fraction of sp³-hybridized carbons (Fsp3) is 0.538. The van der Waals surface area contributed by atoms with Crippen molar-refractivity contribution in [1.29, 1.82) is 0 Å². The molecular weight excluding hydrogens is 266 g/mol. The van der Waals surface area contributed by atoms with Crippen molar-refractivity contribution in [3.8, 4) is 0 Å². The van der Waals surface area contributed by atoms with Crippen LogP contribution in [0.25, 0.3) is 0 Å². The van der Waals surface area contributed by atoms with E-state index in [1.807, 2.05) is 18.2 Å². The summed E-state index contributed by atoms with van der Waals surface area (Å²) >= 11 is 3.40. The summed E-state index contributed by atoms with van der Waals surface area (Å²) in [6.07, 6.45) is 6.82. The van der Waals surface area contributed by atoms with Crippen molar-refractivity contribution >= 4 is 21.6 Å². The number of rotatable bonds is 3. The molecule has 16 heavy (non-hydrogen) atoms. The van der Waals surface area contributed by atoms with Crippen LogP contribution in [0.15, 0.2) is 22.7 Å². The van der Waals surface area contributed by atoms with Crippen LogP contribution < -0.4 is 5.73 Å². The fourth-order valence-electron chi connectivity index (χ4n) is 2.14. The Morgan fingerprint density at radius 1 is 1.25 bits per heavy atom. The molecule has 1 aromatic rings. The zero-order valence-electron chi connectivity index (χ0n) is 9.42. The minimum absolute atomic E-state index is 0.441. The molecule has 0 unspecified atom stereocenters. The van der Waals surface area contributed by atoms with Gasteiger partial charge in [0.1, 0.15) is 0 Å². The van der Waals surface area contributed by atoms with Crippen molar-refractivity contribution in [2.24, 2.45) is 0 Å². The predicted octanol–water partition coefficient (Wildman–Crippen LogP) is 3.88. The number of nitrogens with two attached hydrogens (primary N) is 1. The van der Waals surface area contributed by atoms with Gasteiger partial charge in [-0.2, -0.15) is 0 Å². The summed E-state index contributed by atoms with van der Waals surface area (Å²) in [6, 6.07) is 5.97. The van der Waals surface area contributed by atoms with Gasteiger partial charge in [0.05, 0.1) is 12.7 Å². The van der Waals surface area contributed by atoms with E-state index >= 15 is 0 Å². The summed E-state index contributed by atoms with van der Waals surface area (Å²) in [5.41, 5.74) is 7.83. The molecule has 1 aliphatic carbocycles. The van der Waals surface area contributed by atoms with Crippen molar-refractivity contribution in [3.05, 3.63) is 28.2 Å². The second kappa shape index (κ2) is 5.69. The molecular formula is C13H18BrNO. The number of anilines is 1. The average molecular weight is 284 g/mol. The Kier molecular flexibility index (Phi) is 4.24. The highest BCUT2D eigenvalue weighted by Crippen LogP contribution is 2.24. The van der Waals surface area contributed by atoms with E-state index in [9.17, 15) is 0 Å². The zero-order valence-corrected chi connectivity index (χ0v) is 11.0. The topological polar surface area (TPSA) is 35.2 Å². The van der Waals surface area contributed by atoms with Crippen molar-refractivity contribution < 1.29 is 4.74 Å². The van der Waals surface area contributed by atoms with Gasteiger partial charge in [-0.25, -0.2) is 0 Å². The van der Waals surface area contributed by atoms with Gasteiger partial charge < -0.3 is 10.5 Å². The quantitative estimate of drug-likeness (QED) is 0.855. The molecule has 0 radical (unpaired) electrons. The minimum atomic E-state index is 0.441. The van der Waals surface area contributed by atoms with Gasteiger partial charge in [0.25, 0.3) is 0 Å². The van der Waals surface area contributed by atoms with Crippen LogP contribution in [0, 0.1) is 0 Å². The first-order valence-electron chi connectivity index (χ1n) is 5.91. The molecule has 3 heteroatoms. The molecule has 2 rings (SSSR count). The van der Waals surface area contributed by atoms with Crippen LogP contribution in [0.1, 0.15) is 37.7 Å². The Morgan fingerprint density at radius 2 is 2.00 bits per heavy atom. The molecule has 1 saturated carbocycles. The number of hydrogen-bond acceptors (Lipinski definition) is 2. The van der Waals surface area contributed by atoms with E-state index < -0.39 is 0 Å². The third-order valence-electron chi connectivity index (χ3n) is 3.13. The van der Waals surface area contributed by atoms with Gasteiger partial charge in [-0.15, -0.1) is 0 Å². The van der Waals surface area contributed by atoms with Gasteiger partial charge >= 0.3 is 0 Å². The first kappa shape index (κ1) is 11.9. The maximum Gasteiger partial charge on any atom is 0.0740 e. The summed E-state index contributed by atoms with van der Waals surface area (Å²) < 4.78 is 6.91. The van der Waals surface area contributed by atoms with E-state index in [1.54, 1.807) is 0 Å². The Bertz CT molecular complexity index is 348. The average Bonchev–Trinajstić information content (AvgIpc) is 2.29. The van der Waals surface area contributed by atoms with Crippen molar-refractivity contribution in [3.63, 3.8) is 0 Å². The molecule has 0 aromatic heterocycles. The second-order valence-electron chi connectivity index (χ2n) is 4.41. The summed E-state index contributed by atoms with van der Waals surface area (Å²) in [6.45, 7) is 0.643. The lowest BCUT2D eigenvalue weighted by Crippen LogP contribution is -2.16. The summed E-state index contributed by atoms with van der Waals surface area (Å²) in [5, 5.41) is 0. The molecule has 0 aliphatic heterocycles. The highest BCUT2D eigenvalue weighted by molar-refractivity contribution is 9.10. The highest BCUT2D eigenvalue weighted by Gasteiger charge is 2.14. The molecule has 1 aromatic carbocycles. The molecule has 0 heterocycles. The van der Waals surface area contributed by atoms with Crippen LogP contribution in [0.2, 0.25) is 0 Å². The Morgan fingerprint density at radius 3 is 2.69 bits per heavy atom. The van der Waals surface area contributed by atoms with Crippen LogP contribution in [-0.2, 0) is 11.3 Å². The molecule has 0 atom stereocenters. The number of benzene rings is 1. The Balaban J connectivity index is 1.88. The van der Waals surface area contributed by atoms with Crippen molar-refractivity contribution in [2.75, 3.05) is 5.73 Å². The predicted molar refractivity (Wildman–Crippen MR) is 70.2 cm³/mol. The van der Waals surface area contributed by atoms with Crippen LogP contribution in [0.3, 0.4) is 0 Å². The molecule has 0 bridgehead atoms. The normalized spacial score (nSPS) is 17.6. The summed E-state index contributed by atoms with van der Waals surface area (Å²) in [4.78, 5) is 0. The van der Waals surface area contributed by atoms with Crippen LogP contribution in [0.4, 0.5) is 5.69 Å². The van der Waals surface area contributed by atoms with Crippen molar-refractivity contribution in [2.45, 2.75) is 44.8 Å². The zero-order chi connectivity index (χ0) is 11.4. The first-order valence-corrected chi connectivity index (χ1v) is 6.70. The van der Waals surface area contributed by atoms with Crippen LogP contribution in [-0.4, -0.2) is 6.10 Å². The van der Waals surface area contributed by atoms with E-state index in [1.165, 1.54) is 32.1 Å². The molecule has 1 fully saturated rings. The number of hydrogen-bond donors (Lipinski definition) is 1. The lowest BCUT2D eigenvalue weighted by molar-refractivity contribution is 0.0171. The van der Waals surface area contributed by atoms with Gasteiger partial charge in [-0.3, -0.25) is 0 Å².